The fourth-order valence-corrected chi connectivity index (χ4v) is 2.94. The average Bonchev–Trinajstić information content (AvgIpc) is 2.99. The first-order chi connectivity index (χ1) is 10.2. The molecule has 0 radical (unpaired) electrons. The maximum atomic E-state index is 12.3. The molecule has 4 heteroatoms. The van der Waals surface area contributed by atoms with Gasteiger partial charge in [-0.1, -0.05) is 37.3 Å². The van der Waals surface area contributed by atoms with Crippen LogP contribution in [0.25, 0.3) is 0 Å². The summed E-state index contributed by atoms with van der Waals surface area (Å²) in [5.41, 5.74) is 6.95. The second kappa shape index (κ2) is 8.15. The Morgan fingerprint density at radius 2 is 2.19 bits per heavy atom. The van der Waals surface area contributed by atoms with Gasteiger partial charge in [0.05, 0.1) is 5.92 Å². The van der Waals surface area contributed by atoms with Gasteiger partial charge >= 0.3 is 0 Å². The van der Waals surface area contributed by atoms with Crippen molar-refractivity contribution in [1.29, 1.82) is 0 Å². The first-order valence-electron chi connectivity index (χ1n) is 7.97. The Hall–Kier alpha value is -1.39. The van der Waals surface area contributed by atoms with E-state index in [0.29, 0.717) is 12.5 Å². The van der Waals surface area contributed by atoms with E-state index in [0.717, 1.165) is 32.6 Å². The molecule has 1 fully saturated rings. The molecule has 3 N–H and O–H groups in total. The molecule has 116 valence electrons. The minimum Gasteiger partial charge on any atom is -0.355 e. The third-order valence-corrected chi connectivity index (χ3v) is 4.36. The molecule has 1 heterocycles. The summed E-state index contributed by atoms with van der Waals surface area (Å²) in [5.74, 6) is 0.552. The lowest BCUT2D eigenvalue weighted by Crippen LogP contribution is -2.39. The molecule has 0 bridgehead atoms. The van der Waals surface area contributed by atoms with Crippen LogP contribution in [0, 0.1) is 11.8 Å². The van der Waals surface area contributed by atoms with Crippen LogP contribution in [0.5, 0.6) is 0 Å². The molecule has 2 atom stereocenters. The largest absolute Gasteiger partial charge is 0.355 e. The average molecular weight is 289 g/mol. The smallest absolute Gasteiger partial charge is 0.224 e. The summed E-state index contributed by atoms with van der Waals surface area (Å²) in [4.78, 5) is 14.7. The third kappa shape index (κ3) is 4.83. The van der Waals surface area contributed by atoms with Gasteiger partial charge in [-0.15, -0.1) is 0 Å². The molecule has 1 amide bonds. The van der Waals surface area contributed by atoms with Gasteiger partial charge in [0, 0.05) is 19.6 Å². The highest BCUT2D eigenvalue weighted by Gasteiger charge is 2.23. The highest BCUT2D eigenvalue weighted by Crippen LogP contribution is 2.15. The minimum absolute atomic E-state index is 0.0938. The second-order valence-electron chi connectivity index (χ2n) is 5.92. The summed E-state index contributed by atoms with van der Waals surface area (Å²) in [6, 6.07) is 10.1. The van der Waals surface area contributed by atoms with Crippen LogP contribution in [0.15, 0.2) is 30.3 Å². The summed E-state index contributed by atoms with van der Waals surface area (Å²) < 4.78 is 0. The standard InChI is InChI=1S/C17H27N3O/c1-2-20-9-8-15(13-20)12-19-17(21)16(11-18)10-14-6-4-3-5-7-14/h3-7,15-16H,2,8-13,18H2,1H3,(H,19,21). The van der Waals surface area contributed by atoms with Crippen molar-refractivity contribution in [2.45, 2.75) is 19.8 Å². The number of nitrogens with one attached hydrogen (secondary N) is 1. The van der Waals surface area contributed by atoms with Gasteiger partial charge in [-0.2, -0.15) is 0 Å². The number of benzene rings is 1. The van der Waals surface area contributed by atoms with Crippen molar-refractivity contribution in [2.24, 2.45) is 17.6 Å². The van der Waals surface area contributed by atoms with Crippen LogP contribution in [0.3, 0.4) is 0 Å². The molecule has 0 saturated carbocycles. The number of carbonyl (C=O) groups excluding carboxylic acids is 1. The Kier molecular flexibility index (Phi) is 6.21. The van der Waals surface area contributed by atoms with Crippen LogP contribution < -0.4 is 11.1 Å². The minimum atomic E-state index is -0.129. The van der Waals surface area contributed by atoms with E-state index in [9.17, 15) is 4.79 Å². The first kappa shape index (κ1) is 16.0. The van der Waals surface area contributed by atoms with Crippen LogP contribution >= 0.6 is 0 Å². The monoisotopic (exact) mass is 289 g/mol. The lowest BCUT2D eigenvalue weighted by atomic mass is 9.98. The quantitative estimate of drug-likeness (QED) is 0.794. The van der Waals surface area contributed by atoms with E-state index < -0.39 is 0 Å². The molecule has 1 aromatic rings. The summed E-state index contributed by atoms with van der Waals surface area (Å²) >= 11 is 0. The van der Waals surface area contributed by atoms with Gasteiger partial charge in [0.1, 0.15) is 0 Å². The zero-order valence-electron chi connectivity index (χ0n) is 12.9. The number of hydrogen-bond donors (Lipinski definition) is 2. The van der Waals surface area contributed by atoms with Gasteiger partial charge in [-0.05, 0) is 37.4 Å². The summed E-state index contributed by atoms with van der Waals surface area (Å²) in [5, 5.41) is 3.09. The third-order valence-electron chi connectivity index (χ3n) is 4.36. The molecule has 1 aliphatic heterocycles. The molecule has 2 rings (SSSR count). The molecule has 0 aliphatic carbocycles. The summed E-state index contributed by atoms with van der Waals surface area (Å²) in [6.45, 7) is 6.71. The Morgan fingerprint density at radius 1 is 1.43 bits per heavy atom. The molecule has 1 saturated heterocycles. The molecule has 2 unspecified atom stereocenters. The van der Waals surface area contributed by atoms with E-state index in [1.807, 2.05) is 30.3 Å². The number of amides is 1. The van der Waals surface area contributed by atoms with Gasteiger partial charge in [0.2, 0.25) is 5.91 Å². The summed E-state index contributed by atoms with van der Waals surface area (Å²) in [7, 11) is 0. The Bertz CT molecular complexity index is 435. The van der Waals surface area contributed by atoms with Gasteiger partial charge in [-0.3, -0.25) is 4.79 Å². The predicted octanol–water partition coefficient (Wildman–Crippen LogP) is 1.26. The van der Waals surface area contributed by atoms with Gasteiger partial charge in [0.15, 0.2) is 0 Å². The second-order valence-corrected chi connectivity index (χ2v) is 5.92. The first-order valence-corrected chi connectivity index (χ1v) is 7.97. The maximum absolute atomic E-state index is 12.3. The Morgan fingerprint density at radius 3 is 2.81 bits per heavy atom. The van der Waals surface area contributed by atoms with E-state index in [1.165, 1.54) is 12.0 Å². The molecule has 1 aliphatic rings. The van der Waals surface area contributed by atoms with E-state index in [2.05, 4.69) is 17.1 Å². The topological polar surface area (TPSA) is 58.4 Å². The van der Waals surface area contributed by atoms with E-state index in [-0.39, 0.29) is 11.8 Å². The van der Waals surface area contributed by atoms with Crippen molar-refractivity contribution in [3.05, 3.63) is 35.9 Å². The van der Waals surface area contributed by atoms with Crippen molar-refractivity contribution in [2.75, 3.05) is 32.7 Å². The summed E-state index contributed by atoms with van der Waals surface area (Å²) in [6.07, 6.45) is 1.90. The number of likely N-dealkylation sites (tertiary alicyclic amines) is 1. The number of nitrogens with zero attached hydrogens (tertiary/aromatic N) is 1. The van der Waals surface area contributed by atoms with Crippen LogP contribution in [0.4, 0.5) is 0 Å². The fraction of sp³-hybridized carbons (Fsp3) is 0.588. The zero-order valence-corrected chi connectivity index (χ0v) is 12.9. The number of hydrogen-bond acceptors (Lipinski definition) is 3. The number of carbonyl (C=O) groups is 1. The molecule has 21 heavy (non-hydrogen) atoms. The highest BCUT2D eigenvalue weighted by atomic mass is 16.1. The molecular formula is C17H27N3O. The number of nitrogens with two attached hydrogens (primary N) is 1. The van der Waals surface area contributed by atoms with Gasteiger partial charge < -0.3 is 16.0 Å². The van der Waals surface area contributed by atoms with Crippen molar-refractivity contribution in [3.63, 3.8) is 0 Å². The van der Waals surface area contributed by atoms with Gasteiger partial charge in [0.25, 0.3) is 0 Å². The lowest BCUT2D eigenvalue weighted by molar-refractivity contribution is -0.124. The van der Waals surface area contributed by atoms with Crippen LogP contribution in [0.1, 0.15) is 18.9 Å². The van der Waals surface area contributed by atoms with E-state index in [1.54, 1.807) is 0 Å². The van der Waals surface area contributed by atoms with E-state index in [4.69, 9.17) is 5.73 Å². The lowest BCUT2D eigenvalue weighted by Gasteiger charge is -2.17. The zero-order chi connectivity index (χ0) is 15.1. The Balaban J connectivity index is 1.78. The van der Waals surface area contributed by atoms with Gasteiger partial charge in [-0.25, -0.2) is 0 Å². The highest BCUT2D eigenvalue weighted by molar-refractivity contribution is 5.79. The van der Waals surface area contributed by atoms with Crippen LogP contribution in [-0.4, -0.2) is 43.5 Å². The Labute approximate surface area is 127 Å². The molecule has 0 aromatic heterocycles. The van der Waals surface area contributed by atoms with Crippen molar-refractivity contribution >= 4 is 5.91 Å². The maximum Gasteiger partial charge on any atom is 0.224 e. The van der Waals surface area contributed by atoms with Crippen LogP contribution in [0.2, 0.25) is 0 Å². The molecule has 1 aromatic carbocycles. The molecule has 4 nitrogen and oxygen atoms in total. The molecule has 0 spiro atoms. The van der Waals surface area contributed by atoms with Crippen molar-refractivity contribution in [3.8, 4) is 0 Å². The predicted molar refractivity (Wildman–Crippen MR) is 85.9 cm³/mol. The molecular weight excluding hydrogens is 262 g/mol. The van der Waals surface area contributed by atoms with E-state index >= 15 is 0 Å². The fourth-order valence-electron chi connectivity index (χ4n) is 2.94. The number of rotatable bonds is 7. The van der Waals surface area contributed by atoms with Crippen LogP contribution in [-0.2, 0) is 11.2 Å². The van der Waals surface area contributed by atoms with Crippen molar-refractivity contribution < 1.29 is 4.79 Å². The normalized spacial score (nSPS) is 20.4. The SMILES string of the molecule is CCN1CCC(CNC(=O)C(CN)Cc2ccccc2)C1. The van der Waals surface area contributed by atoms with Crippen molar-refractivity contribution in [1.82, 2.24) is 10.2 Å².